The highest BCUT2D eigenvalue weighted by Crippen LogP contribution is 2.32. The summed E-state index contributed by atoms with van der Waals surface area (Å²) in [6, 6.07) is 3.52. The molecule has 24 heavy (non-hydrogen) atoms. The number of ether oxygens (including phenoxy) is 1. The third kappa shape index (κ3) is 3.81. The molecular weight excluding hydrogens is 343 g/mol. The van der Waals surface area contributed by atoms with Crippen LogP contribution in [0.25, 0.3) is 0 Å². The Morgan fingerprint density at radius 1 is 1.25 bits per heavy atom. The topological polar surface area (TPSA) is 46.6 Å². The predicted molar refractivity (Wildman–Crippen MR) is 82.6 cm³/mol. The second-order valence-corrected chi connectivity index (χ2v) is 7.81. The van der Waals surface area contributed by atoms with Crippen LogP contribution in [0.3, 0.4) is 0 Å². The summed E-state index contributed by atoms with van der Waals surface area (Å²) < 4.78 is 69.8. The average Bonchev–Trinajstić information content (AvgIpc) is 3.04. The summed E-state index contributed by atoms with van der Waals surface area (Å²) in [5, 5.41) is 1.11. The lowest BCUT2D eigenvalue weighted by Crippen LogP contribution is -2.35. The fourth-order valence-electron chi connectivity index (χ4n) is 2.95. The van der Waals surface area contributed by atoms with E-state index in [1.165, 1.54) is 16.4 Å². The summed E-state index contributed by atoms with van der Waals surface area (Å²) >= 11 is 0. The number of alkyl halides is 3. The van der Waals surface area contributed by atoms with E-state index in [1.807, 2.05) is 0 Å². The lowest BCUT2D eigenvalue weighted by atomic mass is 9.98. The van der Waals surface area contributed by atoms with E-state index in [-0.39, 0.29) is 19.2 Å². The summed E-state index contributed by atoms with van der Waals surface area (Å²) in [4.78, 5) is 0. The zero-order valence-corrected chi connectivity index (χ0v) is 13.7. The molecule has 1 aromatic rings. The first kappa shape index (κ1) is 17.4. The number of sulfonamides is 1. The van der Waals surface area contributed by atoms with Gasteiger partial charge in [0, 0.05) is 25.1 Å². The van der Waals surface area contributed by atoms with Crippen molar-refractivity contribution in [2.24, 2.45) is 0 Å². The Balaban J connectivity index is 1.78. The molecule has 0 bridgehead atoms. The first-order valence-corrected chi connectivity index (χ1v) is 9.25. The Kier molecular flexibility index (Phi) is 4.72. The molecule has 3 rings (SSSR count). The van der Waals surface area contributed by atoms with Crippen molar-refractivity contribution < 1.29 is 26.3 Å². The SMILES string of the molecule is O=S(=O)(/C=C/[C@H]1CCCO1)N1CCc2ccc(C(F)(F)F)cc2C1. The number of halogens is 3. The first-order valence-electron chi connectivity index (χ1n) is 7.75. The molecule has 0 aromatic heterocycles. The van der Waals surface area contributed by atoms with Gasteiger partial charge in [-0.1, -0.05) is 6.07 Å². The highest BCUT2D eigenvalue weighted by atomic mass is 32.2. The number of fused-ring (bicyclic) bond motifs is 1. The minimum absolute atomic E-state index is 0.0442. The quantitative estimate of drug-likeness (QED) is 0.831. The predicted octanol–water partition coefficient (Wildman–Crippen LogP) is 3.09. The normalized spacial score (nSPS) is 22.9. The first-order chi connectivity index (χ1) is 11.3. The Bertz CT molecular complexity index is 737. The van der Waals surface area contributed by atoms with Crippen molar-refractivity contribution in [1.29, 1.82) is 0 Å². The molecule has 2 aliphatic rings. The highest BCUT2D eigenvalue weighted by molar-refractivity contribution is 7.92. The Labute approximate surface area is 139 Å². The fourth-order valence-corrected chi connectivity index (χ4v) is 4.16. The average molecular weight is 361 g/mol. The van der Waals surface area contributed by atoms with E-state index in [9.17, 15) is 21.6 Å². The second-order valence-electron chi connectivity index (χ2n) is 5.99. The molecule has 1 fully saturated rings. The monoisotopic (exact) mass is 361 g/mol. The number of benzene rings is 1. The van der Waals surface area contributed by atoms with Crippen LogP contribution in [0.5, 0.6) is 0 Å². The lowest BCUT2D eigenvalue weighted by molar-refractivity contribution is -0.137. The van der Waals surface area contributed by atoms with Crippen LogP contribution in [0.15, 0.2) is 29.7 Å². The molecule has 1 saturated heterocycles. The van der Waals surface area contributed by atoms with Crippen LogP contribution in [0.1, 0.15) is 29.5 Å². The Morgan fingerprint density at radius 2 is 2.04 bits per heavy atom. The maximum Gasteiger partial charge on any atom is 0.416 e. The zero-order chi connectivity index (χ0) is 17.4. The Morgan fingerprint density at radius 3 is 2.71 bits per heavy atom. The van der Waals surface area contributed by atoms with Crippen molar-refractivity contribution >= 4 is 10.0 Å². The number of nitrogens with zero attached hydrogens (tertiary/aromatic N) is 1. The summed E-state index contributed by atoms with van der Waals surface area (Å²) in [6.45, 7) is 0.834. The van der Waals surface area contributed by atoms with Crippen LogP contribution in [0.2, 0.25) is 0 Å². The molecule has 8 heteroatoms. The van der Waals surface area contributed by atoms with Gasteiger partial charge >= 0.3 is 6.18 Å². The van der Waals surface area contributed by atoms with Crippen molar-refractivity contribution in [1.82, 2.24) is 4.31 Å². The standard InChI is InChI=1S/C16H18F3NO3S/c17-16(18,19)14-4-3-12-5-7-20(11-13(12)10-14)24(21,22)9-6-15-2-1-8-23-15/h3-4,6,9-10,15H,1-2,5,7-8,11H2/b9-6+/t15-/m1/s1. The molecule has 0 N–H and O–H groups in total. The summed E-state index contributed by atoms with van der Waals surface area (Å²) in [5.74, 6) is 0. The molecular formula is C16H18F3NO3S. The van der Waals surface area contributed by atoms with E-state index < -0.39 is 21.8 Å². The van der Waals surface area contributed by atoms with Crippen LogP contribution in [0.4, 0.5) is 13.2 Å². The van der Waals surface area contributed by atoms with E-state index in [2.05, 4.69) is 0 Å². The van der Waals surface area contributed by atoms with Crippen LogP contribution in [0, 0.1) is 0 Å². The summed E-state index contributed by atoms with van der Waals surface area (Å²) in [5.41, 5.74) is 0.415. The van der Waals surface area contributed by atoms with Gasteiger partial charge in [0.1, 0.15) is 0 Å². The van der Waals surface area contributed by atoms with Gasteiger partial charge in [-0.15, -0.1) is 0 Å². The van der Waals surface area contributed by atoms with E-state index in [0.717, 1.165) is 35.9 Å². The third-order valence-corrected chi connectivity index (χ3v) is 5.83. The van der Waals surface area contributed by atoms with E-state index in [0.29, 0.717) is 18.6 Å². The Hall–Kier alpha value is -1.38. The van der Waals surface area contributed by atoms with E-state index in [1.54, 1.807) is 0 Å². The van der Waals surface area contributed by atoms with E-state index >= 15 is 0 Å². The van der Waals surface area contributed by atoms with Gasteiger partial charge < -0.3 is 4.74 Å². The fraction of sp³-hybridized carbons (Fsp3) is 0.500. The molecule has 0 aliphatic carbocycles. The lowest BCUT2D eigenvalue weighted by Gasteiger charge is -2.27. The molecule has 0 saturated carbocycles. The van der Waals surface area contributed by atoms with Crippen LogP contribution in [-0.4, -0.2) is 32.0 Å². The van der Waals surface area contributed by atoms with Gasteiger partial charge in [-0.3, -0.25) is 0 Å². The second kappa shape index (κ2) is 6.50. The minimum Gasteiger partial charge on any atom is -0.374 e. The van der Waals surface area contributed by atoms with Crippen LogP contribution >= 0.6 is 0 Å². The molecule has 2 aliphatic heterocycles. The smallest absolute Gasteiger partial charge is 0.374 e. The molecule has 0 unspecified atom stereocenters. The van der Waals surface area contributed by atoms with Gasteiger partial charge in [0.15, 0.2) is 0 Å². The maximum absolute atomic E-state index is 12.8. The van der Waals surface area contributed by atoms with Crippen molar-refractivity contribution in [2.75, 3.05) is 13.2 Å². The van der Waals surface area contributed by atoms with Crippen LogP contribution < -0.4 is 0 Å². The molecule has 1 aromatic carbocycles. The zero-order valence-electron chi connectivity index (χ0n) is 12.9. The number of hydrogen-bond donors (Lipinski definition) is 0. The summed E-state index contributed by atoms with van der Waals surface area (Å²) in [7, 11) is -3.67. The summed E-state index contributed by atoms with van der Waals surface area (Å²) in [6.07, 6.45) is -1.04. The van der Waals surface area contributed by atoms with Crippen molar-refractivity contribution in [3.63, 3.8) is 0 Å². The van der Waals surface area contributed by atoms with Gasteiger partial charge in [0.25, 0.3) is 0 Å². The van der Waals surface area contributed by atoms with Crippen LogP contribution in [-0.2, 0) is 33.9 Å². The highest BCUT2D eigenvalue weighted by Gasteiger charge is 2.32. The number of hydrogen-bond acceptors (Lipinski definition) is 3. The molecule has 4 nitrogen and oxygen atoms in total. The van der Waals surface area contributed by atoms with Crippen molar-refractivity contribution in [2.45, 2.75) is 38.1 Å². The molecule has 2 heterocycles. The molecule has 0 amide bonds. The van der Waals surface area contributed by atoms with E-state index in [4.69, 9.17) is 4.74 Å². The van der Waals surface area contributed by atoms with Gasteiger partial charge in [-0.25, -0.2) is 8.42 Å². The number of rotatable bonds is 3. The maximum atomic E-state index is 12.8. The largest absolute Gasteiger partial charge is 0.416 e. The van der Waals surface area contributed by atoms with Gasteiger partial charge in [-0.2, -0.15) is 17.5 Å². The molecule has 1 atom stereocenters. The molecule has 0 spiro atoms. The van der Waals surface area contributed by atoms with Crippen molar-refractivity contribution in [3.8, 4) is 0 Å². The minimum atomic E-state index is -4.43. The third-order valence-electron chi connectivity index (χ3n) is 4.30. The van der Waals surface area contributed by atoms with Crippen molar-refractivity contribution in [3.05, 3.63) is 46.4 Å². The molecule has 0 radical (unpaired) electrons. The van der Waals surface area contributed by atoms with Gasteiger partial charge in [-0.05, 0) is 48.6 Å². The van der Waals surface area contributed by atoms with Gasteiger partial charge in [0.05, 0.1) is 11.7 Å². The van der Waals surface area contributed by atoms with Gasteiger partial charge in [0.2, 0.25) is 10.0 Å². The molecule has 132 valence electrons.